The summed E-state index contributed by atoms with van der Waals surface area (Å²) < 4.78 is 5.37. The molecule has 1 amide bonds. The zero-order valence-corrected chi connectivity index (χ0v) is 13.0. The number of rotatable bonds is 5. The summed E-state index contributed by atoms with van der Waals surface area (Å²) in [4.78, 5) is 22.1. The molecular formula is C16H22N2O4. The van der Waals surface area contributed by atoms with Crippen molar-refractivity contribution in [1.29, 1.82) is 0 Å². The van der Waals surface area contributed by atoms with Crippen LogP contribution in [0.3, 0.4) is 0 Å². The minimum Gasteiger partial charge on any atom is -0.484 e. The van der Waals surface area contributed by atoms with Crippen LogP contribution in [0.15, 0.2) is 24.3 Å². The molecule has 1 fully saturated rings. The number of ether oxygens (including phenoxy) is 1. The molecular weight excluding hydrogens is 284 g/mol. The second-order valence-corrected chi connectivity index (χ2v) is 5.98. The fraction of sp³-hybridized carbons (Fsp3) is 0.562. The zero-order chi connectivity index (χ0) is 16.1. The first-order chi connectivity index (χ1) is 10.5. The van der Waals surface area contributed by atoms with Crippen LogP contribution < -0.4 is 10.1 Å². The number of nitrogens with zero attached hydrogens (tertiary/aromatic N) is 1. The van der Waals surface area contributed by atoms with Gasteiger partial charge >= 0.3 is 0 Å². The second kappa shape index (κ2) is 7.24. The molecule has 0 saturated heterocycles. The highest BCUT2D eigenvalue weighted by atomic mass is 16.6. The highest BCUT2D eigenvalue weighted by Gasteiger charge is 2.28. The van der Waals surface area contributed by atoms with Crippen LogP contribution in [0.5, 0.6) is 5.75 Å². The van der Waals surface area contributed by atoms with E-state index in [0.717, 1.165) is 12.8 Å². The number of carbonyl (C=O) groups excluding carboxylic acids is 1. The van der Waals surface area contributed by atoms with Gasteiger partial charge in [-0.05, 0) is 30.4 Å². The second-order valence-electron chi connectivity index (χ2n) is 5.98. The van der Waals surface area contributed by atoms with E-state index < -0.39 is 4.92 Å². The molecule has 0 radical (unpaired) electrons. The quantitative estimate of drug-likeness (QED) is 0.670. The summed E-state index contributed by atoms with van der Waals surface area (Å²) in [5.74, 6) is 1.39. The Kier molecular flexibility index (Phi) is 5.35. The standard InChI is InChI=1S/C16H22N2O4/c1-11-4-3-5-15(12(11)2)17-16(19)10-22-14-8-6-13(7-9-14)18(20)21/h6-9,11-12,15H,3-5,10H2,1-2H3,(H,17,19). The van der Waals surface area contributed by atoms with Crippen LogP contribution in [0, 0.1) is 22.0 Å². The molecule has 0 spiro atoms. The summed E-state index contributed by atoms with van der Waals surface area (Å²) in [7, 11) is 0. The number of hydrogen-bond acceptors (Lipinski definition) is 4. The molecule has 120 valence electrons. The van der Waals surface area contributed by atoms with Crippen LogP contribution >= 0.6 is 0 Å². The summed E-state index contributed by atoms with van der Waals surface area (Å²) in [6.45, 7) is 4.32. The van der Waals surface area contributed by atoms with Gasteiger partial charge in [0.05, 0.1) is 4.92 Å². The van der Waals surface area contributed by atoms with Crippen molar-refractivity contribution in [3.8, 4) is 5.75 Å². The van der Waals surface area contributed by atoms with Crippen LogP contribution in [0.4, 0.5) is 5.69 Å². The van der Waals surface area contributed by atoms with E-state index in [1.54, 1.807) is 0 Å². The number of nitro groups is 1. The van der Waals surface area contributed by atoms with Crippen molar-refractivity contribution in [3.05, 3.63) is 34.4 Å². The van der Waals surface area contributed by atoms with Crippen molar-refractivity contribution < 1.29 is 14.5 Å². The molecule has 6 heteroatoms. The average Bonchev–Trinajstić information content (AvgIpc) is 2.50. The Morgan fingerprint density at radius 2 is 2.00 bits per heavy atom. The van der Waals surface area contributed by atoms with E-state index in [1.807, 2.05) is 0 Å². The van der Waals surface area contributed by atoms with Crippen molar-refractivity contribution in [1.82, 2.24) is 5.32 Å². The fourth-order valence-corrected chi connectivity index (χ4v) is 2.85. The number of benzene rings is 1. The number of non-ortho nitro benzene ring substituents is 1. The molecule has 3 unspecified atom stereocenters. The van der Waals surface area contributed by atoms with Gasteiger partial charge in [-0.25, -0.2) is 0 Å². The highest BCUT2D eigenvalue weighted by Crippen LogP contribution is 2.29. The molecule has 1 saturated carbocycles. The lowest BCUT2D eigenvalue weighted by molar-refractivity contribution is -0.384. The van der Waals surface area contributed by atoms with Crippen LogP contribution in [-0.2, 0) is 4.79 Å². The third-order valence-electron chi connectivity index (χ3n) is 4.47. The largest absolute Gasteiger partial charge is 0.484 e. The number of nitrogens with one attached hydrogen (secondary N) is 1. The van der Waals surface area contributed by atoms with Crippen molar-refractivity contribution in [2.75, 3.05) is 6.61 Å². The topological polar surface area (TPSA) is 81.5 Å². The molecule has 0 aromatic heterocycles. The molecule has 0 aliphatic heterocycles. The molecule has 1 N–H and O–H groups in total. The zero-order valence-electron chi connectivity index (χ0n) is 13.0. The maximum absolute atomic E-state index is 12.0. The summed E-state index contributed by atoms with van der Waals surface area (Å²) in [6.07, 6.45) is 3.36. The molecule has 6 nitrogen and oxygen atoms in total. The predicted octanol–water partition coefficient (Wildman–Crippen LogP) is 2.91. The van der Waals surface area contributed by atoms with E-state index in [-0.39, 0.29) is 24.2 Å². The Morgan fingerprint density at radius 3 is 2.64 bits per heavy atom. The Balaban J connectivity index is 1.81. The lowest BCUT2D eigenvalue weighted by atomic mass is 9.78. The number of amides is 1. The van der Waals surface area contributed by atoms with Gasteiger partial charge in [0.25, 0.3) is 11.6 Å². The first-order valence-corrected chi connectivity index (χ1v) is 7.64. The third-order valence-corrected chi connectivity index (χ3v) is 4.47. The van der Waals surface area contributed by atoms with E-state index in [1.165, 1.54) is 30.7 Å². The lowest BCUT2D eigenvalue weighted by Crippen LogP contribution is -2.45. The van der Waals surface area contributed by atoms with E-state index in [4.69, 9.17) is 4.74 Å². The number of carbonyl (C=O) groups is 1. The molecule has 1 aliphatic rings. The van der Waals surface area contributed by atoms with E-state index in [0.29, 0.717) is 17.6 Å². The van der Waals surface area contributed by atoms with Crippen LogP contribution in [-0.4, -0.2) is 23.5 Å². The summed E-state index contributed by atoms with van der Waals surface area (Å²) in [6, 6.07) is 5.92. The Bertz CT molecular complexity index is 529. The van der Waals surface area contributed by atoms with Gasteiger partial charge in [-0.15, -0.1) is 0 Å². The monoisotopic (exact) mass is 306 g/mol. The fourth-order valence-electron chi connectivity index (χ4n) is 2.85. The molecule has 3 atom stereocenters. The van der Waals surface area contributed by atoms with Gasteiger partial charge in [0.2, 0.25) is 0 Å². The Hall–Kier alpha value is -2.11. The Labute approximate surface area is 130 Å². The summed E-state index contributed by atoms with van der Waals surface area (Å²) in [5, 5.41) is 13.6. The SMILES string of the molecule is CC1CCCC(NC(=O)COc2ccc([N+](=O)[O-])cc2)C1C. The summed E-state index contributed by atoms with van der Waals surface area (Å²) >= 11 is 0. The van der Waals surface area contributed by atoms with Gasteiger partial charge in [-0.3, -0.25) is 14.9 Å². The third kappa shape index (κ3) is 4.19. The molecule has 0 heterocycles. The summed E-state index contributed by atoms with van der Waals surface area (Å²) in [5.41, 5.74) is 0.00168. The van der Waals surface area contributed by atoms with Crippen LogP contribution in [0.25, 0.3) is 0 Å². The minimum absolute atomic E-state index is 0.00168. The normalized spacial score (nSPS) is 24.5. The smallest absolute Gasteiger partial charge is 0.269 e. The molecule has 1 aliphatic carbocycles. The van der Waals surface area contributed by atoms with Gasteiger partial charge in [0.1, 0.15) is 5.75 Å². The minimum atomic E-state index is -0.470. The average molecular weight is 306 g/mol. The van der Waals surface area contributed by atoms with E-state index in [2.05, 4.69) is 19.2 Å². The molecule has 0 bridgehead atoms. The van der Waals surface area contributed by atoms with E-state index >= 15 is 0 Å². The molecule has 1 aromatic carbocycles. The van der Waals surface area contributed by atoms with Crippen LogP contribution in [0.2, 0.25) is 0 Å². The maximum Gasteiger partial charge on any atom is 0.269 e. The van der Waals surface area contributed by atoms with Gasteiger partial charge in [0.15, 0.2) is 6.61 Å². The van der Waals surface area contributed by atoms with Gasteiger partial charge in [-0.1, -0.05) is 26.7 Å². The van der Waals surface area contributed by atoms with Crippen molar-refractivity contribution in [3.63, 3.8) is 0 Å². The molecule has 22 heavy (non-hydrogen) atoms. The van der Waals surface area contributed by atoms with Crippen LogP contribution in [0.1, 0.15) is 33.1 Å². The number of hydrogen-bond donors (Lipinski definition) is 1. The maximum atomic E-state index is 12.0. The molecule has 1 aromatic rings. The van der Waals surface area contributed by atoms with Crippen molar-refractivity contribution in [2.24, 2.45) is 11.8 Å². The first-order valence-electron chi connectivity index (χ1n) is 7.64. The van der Waals surface area contributed by atoms with Gasteiger partial charge < -0.3 is 10.1 Å². The number of nitro benzene ring substituents is 1. The van der Waals surface area contributed by atoms with Crippen molar-refractivity contribution >= 4 is 11.6 Å². The predicted molar refractivity (Wildman–Crippen MR) is 82.7 cm³/mol. The Morgan fingerprint density at radius 1 is 1.32 bits per heavy atom. The van der Waals surface area contributed by atoms with Gasteiger partial charge in [-0.2, -0.15) is 0 Å². The highest BCUT2D eigenvalue weighted by molar-refractivity contribution is 5.77. The van der Waals surface area contributed by atoms with E-state index in [9.17, 15) is 14.9 Å². The lowest BCUT2D eigenvalue weighted by Gasteiger charge is -2.34. The molecule has 2 rings (SSSR count). The van der Waals surface area contributed by atoms with Gasteiger partial charge in [0, 0.05) is 18.2 Å². The van der Waals surface area contributed by atoms with Crippen molar-refractivity contribution in [2.45, 2.75) is 39.2 Å². The first kappa shape index (κ1) is 16.3.